The van der Waals surface area contributed by atoms with Crippen molar-refractivity contribution in [2.75, 3.05) is 6.54 Å². The summed E-state index contributed by atoms with van der Waals surface area (Å²) < 4.78 is 1.96. The van der Waals surface area contributed by atoms with Crippen LogP contribution in [-0.2, 0) is 6.54 Å². The van der Waals surface area contributed by atoms with E-state index in [2.05, 4.69) is 50.7 Å². The largest absolute Gasteiger partial charge is 0.357 e. The number of aliphatic imine (C=N–C) groups is 1. The van der Waals surface area contributed by atoms with Crippen LogP contribution >= 0.6 is 24.0 Å². The maximum absolute atomic E-state index is 4.66. The lowest BCUT2D eigenvalue weighted by Crippen LogP contribution is -2.42. The average Bonchev–Trinajstić information content (AvgIpc) is 3.25. The molecule has 0 unspecified atom stereocenters. The molecule has 0 saturated heterocycles. The molecule has 0 fully saturated rings. The Kier molecular flexibility index (Phi) is 7.42. The maximum Gasteiger partial charge on any atom is 0.191 e. The van der Waals surface area contributed by atoms with Gasteiger partial charge in [0.15, 0.2) is 5.96 Å². The highest BCUT2D eigenvalue weighted by Gasteiger charge is 2.11. The van der Waals surface area contributed by atoms with Crippen LogP contribution in [0.5, 0.6) is 0 Å². The van der Waals surface area contributed by atoms with E-state index in [-0.39, 0.29) is 24.0 Å². The molecule has 2 aromatic rings. The van der Waals surface area contributed by atoms with Gasteiger partial charge in [-0.3, -0.25) is 4.57 Å². The molecule has 25 heavy (non-hydrogen) atoms. The molecule has 0 amide bonds. The molecule has 0 bridgehead atoms. The molecule has 1 aliphatic rings. The zero-order valence-electron chi connectivity index (χ0n) is 14.6. The summed E-state index contributed by atoms with van der Waals surface area (Å²) in [5.74, 6) is 2.66. The summed E-state index contributed by atoms with van der Waals surface area (Å²) in [5, 5.41) is 6.77. The van der Waals surface area contributed by atoms with Crippen LogP contribution in [0.4, 0.5) is 0 Å². The van der Waals surface area contributed by atoms with Crippen molar-refractivity contribution in [2.45, 2.75) is 39.3 Å². The van der Waals surface area contributed by atoms with E-state index < -0.39 is 0 Å². The number of nitrogens with zero attached hydrogens (tertiary/aromatic N) is 4. The molecular formula is C18H25IN6. The van der Waals surface area contributed by atoms with Gasteiger partial charge in [0.2, 0.25) is 0 Å². The summed E-state index contributed by atoms with van der Waals surface area (Å²) in [6, 6.07) is 4.51. The van der Waals surface area contributed by atoms with Gasteiger partial charge >= 0.3 is 0 Å². The number of hydrogen-bond acceptors (Lipinski definition) is 3. The highest BCUT2D eigenvalue weighted by molar-refractivity contribution is 14.0. The molecule has 6 nitrogen and oxygen atoms in total. The molecule has 0 radical (unpaired) electrons. The van der Waals surface area contributed by atoms with Gasteiger partial charge < -0.3 is 10.6 Å². The zero-order valence-corrected chi connectivity index (χ0v) is 17.0. The fraction of sp³-hybridized carbons (Fsp3) is 0.389. The van der Waals surface area contributed by atoms with E-state index in [1.807, 2.05) is 30.0 Å². The van der Waals surface area contributed by atoms with E-state index in [0.717, 1.165) is 42.6 Å². The van der Waals surface area contributed by atoms with E-state index in [9.17, 15) is 0 Å². The quantitative estimate of drug-likeness (QED) is 0.317. The van der Waals surface area contributed by atoms with Crippen molar-refractivity contribution in [3.63, 3.8) is 0 Å². The molecule has 0 saturated carbocycles. The Morgan fingerprint density at radius 2 is 2.08 bits per heavy atom. The fourth-order valence-corrected chi connectivity index (χ4v) is 2.69. The molecule has 3 rings (SSSR count). The SMILES string of the molecule is CCNC(=NCc1ccc(-n2ccnc2C)nc1)NC1CC=CC1.I. The fourth-order valence-electron chi connectivity index (χ4n) is 2.69. The number of aryl methyl sites for hydroxylation is 1. The minimum absolute atomic E-state index is 0. The first-order chi connectivity index (χ1) is 11.8. The van der Waals surface area contributed by atoms with Crippen LogP contribution in [-0.4, -0.2) is 33.1 Å². The van der Waals surface area contributed by atoms with Crippen LogP contribution in [0.2, 0.25) is 0 Å². The molecule has 7 heteroatoms. The van der Waals surface area contributed by atoms with E-state index in [1.54, 1.807) is 6.20 Å². The van der Waals surface area contributed by atoms with Crippen molar-refractivity contribution >= 4 is 29.9 Å². The lowest BCUT2D eigenvalue weighted by atomic mass is 10.2. The third kappa shape index (κ3) is 5.29. The monoisotopic (exact) mass is 452 g/mol. The van der Waals surface area contributed by atoms with Crippen LogP contribution in [0.15, 0.2) is 47.9 Å². The Bertz CT molecular complexity index is 711. The Balaban J connectivity index is 0.00000225. The minimum atomic E-state index is 0. The predicted octanol–water partition coefficient (Wildman–Crippen LogP) is 2.97. The van der Waals surface area contributed by atoms with Crippen molar-refractivity contribution in [3.8, 4) is 5.82 Å². The molecule has 2 heterocycles. The molecule has 2 N–H and O–H groups in total. The van der Waals surface area contributed by atoms with Gasteiger partial charge in [0.05, 0.1) is 6.54 Å². The molecule has 1 aliphatic carbocycles. The number of guanidine groups is 1. The molecule has 0 aromatic carbocycles. The van der Waals surface area contributed by atoms with Crippen molar-refractivity contribution in [1.29, 1.82) is 0 Å². The number of halogens is 1. The van der Waals surface area contributed by atoms with Gasteiger partial charge in [0, 0.05) is 31.2 Å². The van der Waals surface area contributed by atoms with Crippen LogP contribution in [0, 0.1) is 6.92 Å². The van der Waals surface area contributed by atoms with Crippen LogP contribution in [0.3, 0.4) is 0 Å². The summed E-state index contributed by atoms with van der Waals surface area (Å²) in [5.41, 5.74) is 1.08. The topological polar surface area (TPSA) is 67.1 Å². The van der Waals surface area contributed by atoms with E-state index in [0.29, 0.717) is 12.6 Å². The molecule has 0 aliphatic heterocycles. The van der Waals surface area contributed by atoms with Crippen LogP contribution in [0.25, 0.3) is 5.82 Å². The number of imidazole rings is 1. The Morgan fingerprint density at radius 3 is 2.68 bits per heavy atom. The molecular weight excluding hydrogens is 427 g/mol. The van der Waals surface area contributed by atoms with Gasteiger partial charge in [-0.05, 0) is 38.3 Å². The van der Waals surface area contributed by atoms with Crippen molar-refractivity contribution in [2.24, 2.45) is 4.99 Å². The minimum Gasteiger partial charge on any atom is -0.357 e. The lowest BCUT2D eigenvalue weighted by Gasteiger charge is -2.16. The van der Waals surface area contributed by atoms with E-state index >= 15 is 0 Å². The Morgan fingerprint density at radius 1 is 1.28 bits per heavy atom. The van der Waals surface area contributed by atoms with Crippen molar-refractivity contribution in [3.05, 3.63) is 54.3 Å². The van der Waals surface area contributed by atoms with Gasteiger partial charge in [-0.15, -0.1) is 24.0 Å². The first-order valence-corrected chi connectivity index (χ1v) is 8.41. The van der Waals surface area contributed by atoms with Gasteiger partial charge in [-0.25, -0.2) is 15.0 Å². The van der Waals surface area contributed by atoms with Crippen molar-refractivity contribution in [1.82, 2.24) is 25.2 Å². The summed E-state index contributed by atoms with van der Waals surface area (Å²) in [6.45, 7) is 5.49. The number of rotatable bonds is 5. The Hall–Kier alpha value is -1.90. The molecule has 0 spiro atoms. The van der Waals surface area contributed by atoms with Gasteiger partial charge in [-0.2, -0.15) is 0 Å². The highest BCUT2D eigenvalue weighted by atomic mass is 127. The van der Waals surface area contributed by atoms with Crippen LogP contribution < -0.4 is 10.6 Å². The molecule has 134 valence electrons. The number of hydrogen-bond donors (Lipinski definition) is 2. The van der Waals surface area contributed by atoms with E-state index in [4.69, 9.17) is 0 Å². The highest BCUT2D eigenvalue weighted by Crippen LogP contribution is 2.10. The average molecular weight is 452 g/mol. The molecule has 2 aromatic heterocycles. The summed E-state index contributed by atoms with van der Waals surface area (Å²) in [4.78, 5) is 13.4. The first-order valence-electron chi connectivity index (χ1n) is 8.41. The smallest absolute Gasteiger partial charge is 0.191 e. The number of pyridine rings is 1. The van der Waals surface area contributed by atoms with Crippen LogP contribution in [0.1, 0.15) is 31.2 Å². The third-order valence-electron chi connectivity index (χ3n) is 3.99. The number of nitrogens with one attached hydrogen (secondary N) is 2. The van der Waals surface area contributed by atoms with E-state index in [1.165, 1.54) is 0 Å². The third-order valence-corrected chi connectivity index (χ3v) is 3.99. The molecule has 0 atom stereocenters. The Labute approximate surface area is 165 Å². The summed E-state index contributed by atoms with van der Waals surface area (Å²) >= 11 is 0. The first kappa shape index (κ1) is 19.4. The second-order valence-corrected chi connectivity index (χ2v) is 5.85. The van der Waals surface area contributed by atoms with Gasteiger partial charge in [0.1, 0.15) is 11.6 Å². The maximum atomic E-state index is 4.66. The van der Waals surface area contributed by atoms with Crippen molar-refractivity contribution < 1.29 is 0 Å². The lowest BCUT2D eigenvalue weighted by molar-refractivity contribution is 0.633. The predicted molar refractivity (Wildman–Crippen MR) is 112 cm³/mol. The second kappa shape index (κ2) is 9.55. The number of aromatic nitrogens is 3. The van der Waals surface area contributed by atoms with Gasteiger partial charge in [0.25, 0.3) is 0 Å². The van der Waals surface area contributed by atoms with Gasteiger partial charge in [-0.1, -0.05) is 18.2 Å². The second-order valence-electron chi connectivity index (χ2n) is 5.85. The zero-order chi connectivity index (χ0) is 16.8. The summed E-state index contributed by atoms with van der Waals surface area (Å²) in [6.07, 6.45) is 12.1. The standard InChI is InChI=1S/C18H24N6.HI/c1-3-19-18(23-16-6-4-5-7-16)22-13-15-8-9-17(21-12-15)24-11-10-20-14(24)2;/h4-5,8-12,16H,3,6-7,13H2,1-2H3,(H2,19,22,23);1H. The summed E-state index contributed by atoms with van der Waals surface area (Å²) in [7, 11) is 0. The normalized spacial score (nSPS) is 14.4.